The molecule has 1 aliphatic rings. The molecule has 0 atom stereocenters. The van der Waals surface area contributed by atoms with E-state index in [0.29, 0.717) is 12.5 Å². The van der Waals surface area contributed by atoms with Crippen molar-refractivity contribution in [3.05, 3.63) is 45.5 Å². The molecule has 1 aromatic heterocycles. The minimum absolute atomic E-state index is 0.000625. The molecule has 128 valence electrons. The van der Waals surface area contributed by atoms with Gasteiger partial charge in [-0.3, -0.25) is 0 Å². The van der Waals surface area contributed by atoms with Crippen molar-refractivity contribution >= 4 is 11.9 Å². The van der Waals surface area contributed by atoms with Crippen LogP contribution in [-0.2, 0) is 19.0 Å². The first-order valence-electron chi connectivity index (χ1n) is 8.03. The summed E-state index contributed by atoms with van der Waals surface area (Å²) in [4.78, 5) is 16.8. The summed E-state index contributed by atoms with van der Waals surface area (Å²) in [6.45, 7) is 9.45. The maximum atomic E-state index is 11.0. The number of rotatable bonds is 2. The van der Waals surface area contributed by atoms with E-state index in [1.807, 2.05) is 6.07 Å². The number of hydrogen-bond donors (Lipinski definition) is 0. The Morgan fingerprint density at radius 1 is 1.21 bits per heavy atom. The number of fused-ring (bicyclic) bond motifs is 1. The summed E-state index contributed by atoms with van der Waals surface area (Å²) in [6.07, 6.45) is 0.900. The van der Waals surface area contributed by atoms with Gasteiger partial charge < -0.3 is 15.0 Å². The molecule has 0 spiro atoms. The lowest BCUT2D eigenvalue weighted by Crippen LogP contribution is -2.46. The van der Waals surface area contributed by atoms with E-state index in [2.05, 4.69) is 60.9 Å². The Balaban J connectivity index is 2.13. The van der Waals surface area contributed by atoms with Crippen LogP contribution in [0, 0.1) is 10.1 Å². The quantitative estimate of drug-likeness (QED) is 0.624. The van der Waals surface area contributed by atoms with Gasteiger partial charge in [-0.15, -0.1) is 0 Å². The van der Waals surface area contributed by atoms with Gasteiger partial charge in [0.15, 0.2) is 0 Å². The zero-order valence-corrected chi connectivity index (χ0v) is 14.8. The predicted molar refractivity (Wildman–Crippen MR) is 92.0 cm³/mol. The molecule has 0 saturated carbocycles. The summed E-state index contributed by atoms with van der Waals surface area (Å²) in [5.41, 5.74) is 2.31. The summed E-state index contributed by atoms with van der Waals surface area (Å²) < 4.78 is 1.50. The van der Waals surface area contributed by atoms with E-state index < -0.39 is 4.92 Å². The van der Waals surface area contributed by atoms with E-state index in [-0.39, 0.29) is 16.9 Å². The first-order valence-corrected chi connectivity index (χ1v) is 8.03. The molecule has 1 aromatic carbocycles. The molecular formula is C17H23N5O2. The number of aryl methyl sites for hydroxylation is 1. The molecule has 7 heteroatoms. The molecule has 0 N–H and O–H groups in total. The molecule has 0 fully saturated rings. The van der Waals surface area contributed by atoms with Crippen LogP contribution in [0.1, 0.15) is 45.2 Å². The number of aromatic nitrogens is 3. The third kappa shape index (κ3) is 2.64. The van der Waals surface area contributed by atoms with E-state index in [1.54, 1.807) is 7.05 Å². The lowest BCUT2D eigenvalue weighted by molar-refractivity contribution is -0.394. The van der Waals surface area contributed by atoms with E-state index in [1.165, 1.54) is 15.8 Å². The van der Waals surface area contributed by atoms with Gasteiger partial charge in [0, 0.05) is 24.2 Å². The van der Waals surface area contributed by atoms with Crippen LogP contribution >= 0.6 is 0 Å². The van der Waals surface area contributed by atoms with Crippen molar-refractivity contribution in [2.24, 2.45) is 7.05 Å². The largest absolute Gasteiger partial charge is 0.493 e. The predicted octanol–water partition coefficient (Wildman–Crippen LogP) is 3.19. The van der Waals surface area contributed by atoms with Crippen molar-refractivity contribution in [2.45, 2.75) is 51.6 Å². The highest BCUT2D eigenvalue weighted by atomic mass is 16.6. The first kappa shape index (κ1) is 16.4. The molecule has 3 rings (SSSR count). The molecule has 1 aliphatic heterocycles. The van der Waals surface area contributed by atoms with Crippen LogP contribution in [0.5, 0.6) is 0 Å². The molecule has 0 aliphatic carbocycles. The van der Waals surface area contributed by atoms with Crippen molar-refractivity contribution in [3.8, 4) is 0 Å². The van der Waals surface area contributed by atoms with Gasteiger partial charge in [-0.05, 0) is 46.7 Å². The number of nitro groups is 1. The number of anilines is 1. The van der Waals surface area contributed by atoms with Crippen LogP contribution in [0.15, 0.2) is 24.3 Å². The molecule has 2 heterocycles. The topological polar surface area (TPSA) is 77.1 Å². The third-order valence-corrected chi connectivity index (χ3v) is 4.81. The lowest BCUT2D eigenvalue weighted by atomic mass is 9.75. The van der Waals surface area contributed by atoms with Crippen molar-refractivity contribution in [1.82, 2.24) is 14.8 Å². The second-order valence-electron chi connectivity index (χ2n) is 7.71. The first-order chi connectivity index (χ1) is 11.1. The smallest absolute Gasteiger partial charge is 0.390 e. The summed E-state index contributed by atoms with van der Waals surface area (Å²) in [5.74, 6) is 0.166. The van der Waals surface area contributed by atoms with Crippen LogP contribution in [-0.4, -0.2) is 25.2 Å². The Bertz CT molecular complexity index is 794. The molecule has 24 heavy (non-hydrogen) atoms. The highest BCUT2D eigenvalue weighted by Gasteiger charge is 2.42. The molecule has 0 saturated heterocycles. The molecule has 0 bridgehead atoms. The van der Waals surface area contributed by atoms with Crippen molar-refractivity contribution in [1.29, 1.82) is 0 Å². The second-order valence-corrected chi connectivity index (χ2v) is 7.71. The van der Waals surface area contributed by atoms with Gasteiger partial charge in [-0.2, -0.15) is 4.68 Å². The fraction of sp³-hybridized carbons (Fsp3) is 0.529. The summed E-state index contributed by atoms with van der Waals surface area (Å²) in [6, 6.07) is 8.39. The zero-order chi connectivity index (χ0) is 17.7. The van der Waals surface area contributed by atoms with Gasteiger partial charge in [0.05, 0.1) is 0 Å². The molecule has 2 aromatic rings. The number of nitrogens with zero attached hydrogens (tertiary/aromatic N) is 5. The standard InChI is InChI=1S/C17H23N5O2/c1-16(2)11-17(3,4)21(10-12-8-6-7-9-13(12)16)15-18-14(22(23)24)19-20(15)5/h6-9H,10-11H2,1-5H3. The van der Waals surface area contributed by atoms with Crippen LogP contribution in [0.25, 0.3) is 0 Å². The maximum Gasteiger partial charge on any atom is 0.493 e. The SMILES string of the molecule is Cn1nc([N+](=O)[O-])nc1N1Cc2ccccc2C(C)(C)CC1(C)C. The van der Waals surface area contributed by atoms with E-state index >= 15 is 0 Å². The summed E-state index contributed by atoms with van der Waals surface area (Å²) in [5, 5.41) is 15.0. The Morgan fingerprint density at radius 3 is 2.50 bits per heavy atom. The molecule has 0 radical (unpaired) electrons. The van der Waals surface area contributed by atoms with Gasteiger partial charge in [0.25, 0.3) is 0 Å². The number of hydrogen-bond acceptors (Lipinski definition) is 5. The van der Waals surface area contributed by atoms with Gasteiger partial charge in [0.2, 0.25) is 0 Å². The Kier molecular flexibility index (Phi) is 3.62. The van der Waals surface area contributed by atoms with E-state index in [4.69, 9.17) is 0 Å². The van der Waals surface area contributed by atoms with Crippen LogP contribution < -0.4 is 4.90 Å². The van der Waals surface area contributed by atoms with Crippen molar-refractivity contribution in [2.75, 3.05) is 4.90 Å². The minimum atomic E-state index is -0.549. The molecule has 0 amide bonds. The average Bonchev–Trinajstić information content (AvgIpc) is 2.82. The summed E-state index contributed by atoms with van der Waals surface area (Å²) >= 11 is 0. The van der Waals surface area contributed by atoms with Crippen LogP contribution in [0.4, 0.5) is 11.9 Å². The minimum Gasteiger partial charge on any atom is -0.390 e. The van der Waals surface area contributed by atoms with Gasteiger partial charge in [0.1, 0.15) is 0 Å². The van der Waals surface area contributed by atoms with Gasteiger partial charge in [-0.1, -0.05) is 38.1 Å². The van der Waals surface area contributed by atoms with Gasteiger partial charge >= 0.3 is 11.9 Å². The zero-order valence-electron chi connectivity index (χ0n) is 14.8. The summed E-state index contributed by atoms with van der Waals surface area (Å²) in [7, 11) is 1.70. The molecular weight excluding hydrogens is 306 g/mol. The van der Waals surface area contributed by atoms with E-state index in [0.717, 1.165) is 6.42 Å². The number of benzene rings is 1. The third-order valence-electron chi connectivity index (χ3n) is 4.81. The average molecular weight is 329 g/mol. The van der Waals surface area contributed by atoms with Crippen molar-refractivity contribution in [3.63, 3.8) is 0 Å². The monoisotopic (exact) mass is 329 g/mol. The second kappa shape index (κ2) is 5.29. The molecule has 7 nitrogen and oxygen atoms in total. The highest BCUT2D eigenvalue weighted by Crippen LogP contribution is 2.42. The van der Waals surface area contributed by atoms with Crippen LogP contribution in [0.3, 0.4) is 0 Å². The molecule has 0 unspecified atom stereocenters. The van der Waals surface area contributed by atoms with E-state index in [9.17, 15) is 10.1 Å². The normalized spacial score (nSPS) is 18.8. The van der Waals surface area contributed by atoms with Gasteiger partial charge in [-0.25, -0.2) is 0 Å². The Morgan fingerprint density at radius 2 is 1.88 bits per heavy atom. The Labute approximate surface area is 141 Å². The Hall–Kier alpha value is -2.44. The lowest BCUT2D eigenvalue weighted by Gasteiger charge is -2.39. The fourth-order valence-electron chi connectivity index (χ4n) is 3.99. The van der Waals surface area contributed by atoms with Crippen LogP contribution in [0.2, 0.25) is 0 Å². The fourth-order valence-corrected chi connectivity index (χ4v) is 3.99. The maximum absolute atomic E-state index is 11.0. The highest BCUT2D eigenvalue weighted by molar-refractivity contribution is 5.45. The van der Waals surface area contributed by atoms with Crippen molar-refractivity contribution < 1.29 is 4.92 Å².